The van der Waals surface area contributed by atoms with E-state index in [1.807, 2.05) is 36.4 Å². The Kier molecular flexibility index (Phi) is 6.44. The fourth-order valence-corrected chi connectivity index (χ4v) is 4.26. The summed E-state index contributed by atoms with van der Waals surface area (Å²) in [6, 6.07) is 22.2. The van der Waals surface area contributed by atoms with Gasteiger partial charge in [-0.1, -0.05) is 73.2 Å². The van der Waals surface area contributed by atoms with Gasteiger partial charge in [-0.25, -0.2) is 9.98 Å². The molecule has 5 nitrogen and oxygen atoms in total. The Balaban J connectivity index is 1.71. The lowest BCUT2D eigenvalue weighted by Crippen LogP contribution is -1.88. The molecule has 1 aromatic heterocycles. The van der Waals surface area contributed by atoms with Gasteiger partial charge in [0.2, 0.25) is 5.13 Å². The largest absolute Gasteiger partial charge is 0.269 e. The number of halogens is 1. The van der Waals surface area contributed by atoms with Gasteiger partial charge < -0.3 is 0 Å². The van der Waals surface area contributed by atoms with Gasteiger partial charge in [0, 0.05) is 28.9 Å². The number of hydrogen-bond acceptors (Lipinski definition) is 5. The molecule has 0 saturated heterocycles. The molecule has 0 aliphatic rings. The molecule has 0 atom stereocenters. The summed E-state index contributed by atoms with van der Waals surface area (Å²) in [5.74, 6) is 0.478. The summed E-state index contributed by atoms with van der Waals surface area (Å²) < 4.78 is 0. The van der Waals surface area contributed by atoms with Crippen LogP contribution in [0.2, 0.25) is 5.02 Å². The Bertz CT molecular complexity index is 1260. The van der Waals surface area contributed by atoms with Gasteiger partial charge in [0.15, 0.2) is 0 Å². The third-order valence-electron chi connectivity index (χ3n) is 5.00. The first-order chi connectivity index (χ1) is 15.4. The predicted molar refractivity (Wildman–Crippen MR) is 132 cm³/mol. The van der Waals surface area contributed by atoms with E-state index in [4.69, 9.17) is 16.6 Å². The number of nitro groups is 1. The smallest absolute Gasteiger partial charge is 0.258 e. The molecule has 7 heteroatoms. The molecular formula is C25H20ClN3O2S. The summed E-state index contributed by atoms with van der Waals surface area (Å²) in [5, 5.41) is 12.3. The van der Waals surface area contributed by atoms with Crippen LogP contribution >= 0.6 is 22.9 Å². The lowest BCUT2D eigenvalue weighted by molar-refractivity contribution is -0.384. The molecule has 0 N–H and O–H groups in total. The van der Waals surface area contributed by atoms with Gasteiger partial charge in [-0.2, -0.15) is 0 Å². The zero-order valence-corrected chi connectivity index (χ0v) is 19.1. The van der Waals surface area contributed by atoms with Crippen LogP contribution in [0, 0.1) is 10.1 Å². The van der Waals surface area contributed by atoms with Gasteiger partial charge in [0.25, 0.3) is 5.69 Å². The van der Waals surface area contributed by atoms with Gasteiger partial charge in [-0.05, 0) is 46.9 Å². The van der Waals surface area contributed by atoms with Gasteiger partial charge in [-0.15, -0.1) is 0 Å². The molecule has 0 unspecified atom stereocenters. The van der Waals surface area contributed by atoms with Crippen LogP contribution in [0.5, 0.6) is 0 Å². The molecule has 32 heavy (non-hydrogen) atoms. The minimum atomic E-state index is -0.406. The zero-order valence-electron chi connectivity index (χ0n) is 17.5. The summed E-state index contributed by atoms with van der Waals surface area (Å²) in [5.41, 5.74) is 4.84. The van der Waals surface area contributed by atoms with Crippen molar-refractivity contribution >= 4 is 40.0 Å². The van der Waals surface area contributed by atoms with Crippen LogP contribution < -0.4 is 0 Å². The first-order valence-electron chi connectivity index (χ1n) is 10.1. The minimum Gasteiger partial charge on any atom is -0.258 e. The number of benzene rings is 3. The molecule has 3 aromatic carbocycles. The maximum atomic E-state index is 11.0. The average Bonchev–Trinajstić information content (AvgIpc) is 3.23. The van der Waals surface area contributed by atoms with Gasteiger partial charge in [0.05, 0.1) is 15.5 Å². The Labute approximate surface area is 195 Å². The van der Waals surface area contributed by atoms with E-state index in [1.165, 1.54) is 29.0 Å². The van der Waals surface area contributed by atoms with E-state index in [1.54, 1.807) is 18.3 Å². The van der Waals surface area contributed by atoms with Crippen molar-refractivity contribution in [1.82, 2.24) is 4.98 Å². The second-order valence-corrected chi connectivity index (χ2v) is 8.98. The highest BCUT2D eigenvalue weighted by Crippen LogP contribution is 2.40. The van der Waals surface area contributed by atoms with Crippen molar-refractivity contribution in [3.63, 3.8) is 0 Å². The fraction of sp³-hybridized carbons (Fsp3) is 0.120. The molecule has 1 heterocycles. The molecular weight excluding hydrogens is 442 g/mol. The Morgan fingerprint density at radius 3 is 2.19 bits per heavy atom. The third-order valence-corrected chi connectivity index (χ3v) is 6.27. The monoisotopic (exact) mass is 461 g/mol. The molecule has 4 aromatic rings. The summed E-state index contributed by atoms with van der Waals surface area (Å²) in [6.45, 7) is 4.33. The highest BCUT2D eigenvalue weighted by molar-refractivity contribution is 7.19. The van der Waals surface area contributed by atoms with E-state index in [2.05, 4.69) is 31.0 Å². The molecule has 0 saturated carbocycles. The summed E-state index contributed by atoms with van der Waals surface area (Å²) in [4.78, 5) is 20.8. The Hall–Kier alpha value is -3.35. The molecule has 0 bridgehead atoms. The van der Waals surface area contributed by atoms with Gasteiger partial charge in [0.1, 0.15) is 0 Å². The molecule has 0 radical (unpaired) electrons. The first kappa shape index (κ1) is 21.9. The van der Waals surface area contributed by atoms with E-state index < -0.39 is 4.92 Å². The first-order valence-corrected chi connectivity index (χ1v) is 11.3. The predicted octanol–water partition coefficient (Wildman–Crippen LogP) is 7.91. The van der Waals surface area contributed by atoms with Crippen molar-refractivity contribution < 1.29 is 4.92 Å². The van der Waals surface area contributed by atoms with Crippen molar-refractivity contribution in [2.45, 2.75) is 19.8 Å². The van der Waals surface area contributed by atoms with Crippen LogP contribution in [0.25, 0.3) is 21.7 Å². The lowest BCUT2D eigenvalue weighted by atomic mass is 10.0. The molecule has 0 aliphatic carbocycles. The van der Waals surface area contributed by atoms with E-state index >= 15 is 0 Å². The average molecular weight is 462 g/mol. The van der Waals surface area contributed by atoms with Crippen LogP contribution in [0.3, 0.4) is 0 Å². The number of rotatable bonds is 6. The summed E-state index contributed by atoms with van der Waals surface area (Å²) in [6.07, 6.45) is 1.80. The quantitative estimate of drug-likeness (QED) is 0.166. The number of thiazole rings is 1. The van der Waals surface area contributed by atoms with Crippen molar-refractivity contribution in [1.29, 1.82) is 0 Å². The molecule has 0 fully saturated rings. The van der Waals surface area contributed by atoms with E-state index in [0.717, 1.165) is 27.3 Å². The number of hydrogen-bond donors (Lipinski definition) is 0. The van der Waals surface area contributed by atoms with Crippen LogP contribution in [0.4, 0.5) is 10.8 Å². The SMILES string of the molecule is CC(C)c1ccc(C=Nc2nc(-c3ccc(Cl)cc3)c(-c3ccc([N+](=O)[O-])cc3)s2)cc1. The highest BCUT2D eigenvalue weighted by Gasteiger charge is 2.16. The maximum Gasteiger partial charge on any atom is 0.269 e. The molecule has 0 spiro atoms. The molecule has 0 aliphatic heterocycles. The second-order valence-electron chi connectivity index (χ2n) is 7.56. The minimum absolute atomic E-state index is 0.0504. The Morgan fingerprint density at radius 2 is 1.59 bits per heavy atom. The zero-order chi connectivity index (χ0) is 22.7. The van der Waals surface area contributed by atoms with E-state index in [0.29, 0.717) is 16.1 Å². The number of aliphatic imine (C=N–C) groups is 1. The standard InChI is InChI=1S/C25H20ClN3O2S/c1-16(2)18-5-3-17(4-6-18)15-27-25-28-23(19-7-11-21(26)12-8-19)24(32-25)20-9-13-22(14-10-20)29(30)31/h3-16H,1-2H3. The molecule has 4 rings (SSSR count). The fourth-order valence-electron chi connectivity index (χ4n) is 3.19. The number of aromatic nitrogens is 1. The lowest BCUT2D eigenvalue weighted by Gasteiger charge is -2.04. The normalized spacial score (nSPS) is 11.4. The molecule has 0 amide bonds. The topological polar surface area (TPSA) is 68.4 Å². The van der Waals surface area contributed by atoms with Crippen molar-refractivity contribution in [2.75, 3.05) is 0 Å². The highest BCUT2D eigenvalue weighted by atomic mass is 35.5. The maximum absolute atomic E-state index is 11.0. The van der Waals surface area contributed by atoms with Crippen molar-refractivity contribution in [3.8, 4) is 21.7 Å². The van der Waals surface area contributed by atoms with Gasteiger partial charge >= 0.3 is 0 Å². The van der Waals surface area contributed by atoms with E-state index in [9.17, 15) is 10.1 Å². The summed E-state index contributed by atoms with van der Waals surface area (Å²) >= 11 is 7.49. The molecule has 160 valence electrons. The van der Waals surface area contributed by atoms with Crippen LogP contribution in [0.1, 0.15) is 30.9 Å². The summed E-state index contributed by atoms with van der Waals surface area (Å²) in [7, 11) is 0. The number of nitrogens with zero attached hydrogens (tertiary/aromatic N) is 3. The van der Waals surface area contributed by atoms with Crippen LogP contribution in [-0.2, 0) is 0 Å². The number of nitro benzene ring substituents is 1. The van der Waals surface area contributed by atoms with E-state index in [-0.39, 0.29) is 5.69 Å². The van der Waals surface area contributed by atoms with Crippen LogP contribution in [-0.4, -0.2) is 16.1 Å². The third kappa shape index (κ3) is 4.93. The Morgan fingerprint density at radius 1 is 0.969 bits per heavy atom. The van der Waals surface area contributed by atoms with Crippen molar-refractivity contribution in [3.05, 3.63) is 99.1 Å². The second kappa shape index (κ2) is 9.42. The van der Waals surface area contributed by atoms with Crippen molar-refractivity contribution in [2.24, 2.45) is 4.99 Å². The van der Waals surface area contributed by atoms with Gasteiger partial charge in [-0.3, -0.25) is 10.1 Å². The number of non-ortho nitro benzene ring substituents is 1. The van der Waals surface area contributed by atoms with Crippen LogP contribution in [0.15, 0.2) is 77.8 Å².